The first-order valence-electron chi connectivity index (χ1n) is 8.00. The van der Waals surface area contributed by atoms with E-state index < -0.39 is 12.1 Å². The quantitative estimate of drug-likeness (QED) is 0.856. The lowest BCUT2D eigenvalue weighted by molar-refractivity contribution is -0.141. The molecule has 2 aromatic rings. The number of morpholine rings is 1. The highest BCUT2D eigenvalue weighted by Gasteiger charge is 2.26. The fraction of sp³-hybridized carbons (Fsp3) is 0.333. The Kier molecular flexibility index (Phi) is 5.67. The molecule has 6 nitrogen and oxygen atoms in total. The van der Waals surface area contributed by atoms with E-state index in [1.165, 1.54) is 0 Å². The van der Waals surface area contributed by atoms with Crippen LogP contribution in [0.4, 0.5) is 0 Å². The van der Waals surface area contributed by atoms with Gasteiger partial charge in [0.2, 0.25) is 0 Å². The van der Waals surface area contributed by atoms with Crippen LogP contribution in [0.2, 0.25) is 0 Å². The smallest absolute Gasteiger partial charge is 0.306 e. The number of amides is 1. The summed E-state index contributed by atoms with van der Waals surface area (Å²) in [5.74, 6) is -0.432. The number of carbonyl (C=O) groups excluding carboxylic acids is 1. The second-order valence-corrected chi connectivity index (χ2v) is 6.77. The Morgan fingerprint density at radius 3 is 2.96 bits per heavy atom. The number of ether oxygens (including phenoxy) is 2. The zero-order chi connectivity index (χ0) is 17.6. The highest BCUT2D eigenvalue weighted by atomic mass is 32.1. The van der Waals surface area contributed by atoms with Gasteiger partial charge in [0.15, 0.2) is 0 Å². The van der Waals surface area contributed by atoms with Gasteiger partial charge >= 0.3 is 5.97 Å². The molecule has 1 N–H and O–H groups in total. The van der Waals surface area contributed by atoms with E-state index in [1.807, 2.05) is 23.6 Å². The third-order valence-electron chi connectivity index (χ3n) is 3.87. The molecule has 1 unspecified atom stereocenters. The molecule has 0 radical (unpaired) electrons. The van der Waals surface area contributed by atoms with Crippen LogP contribution in [0.15, 0.2) is 41.8 Å². The predicted molar refractivity (Wildman–Crippen MR) is 93.0 cm³/mol. The third-order valence-corrected chi connectivity index (χ3v) is 4.72. The number of aliphatic carboxylic acids is 1. The van der Waals surface area contributed by atoms with Crippen LogP contribution in [0, 0.1) is 0 Å². The van der Waals surface area contributed by atoms with E-state index >= 15 is 0 Å². The summed E-state index contributed by atoms with van der Waals surface area (Å²) in [6.45, 7) is 1.55. The molecule has 0 aliphatic carbocycles. The lowest BCUT2D eigenvalue weighted by atomic mass is 10.1. The number of hydrogen-bond acceptors (Lipinski definition) is 5. The van der Waals surface area contributed by atoms with Crippen LogP contribution in [-0.4, -0.2) is 47.7 Å². The summed E-state index contributed by atoms with van der Waals surface area (Å²) in [7, 11) is 0. The molecule has 1 saturated heterocycles. The minimum Gasteiger partial charge on any atom is -0.488 e. The maximum atomic E-state index is 12.7. The number of carboxylic acid groups (broad SMARTS) is 1. The van der Waals surface area contributed by atoms with E-state index in [9.17, 15) is 9.59 Å². The molecule has 132 valence electrons. The topological polar surface area (TPSA) is 76.1 Å². The Morgan fingerprint density at radius 1 is 1.32 bits per heavy atom. The van der Waals surface area contributed by atoms with Crippen molar-refractivity contribution >= 4 is 23.2 Å². The molecule has 0 bridgehead atoms. The lowest BCUT2D eigenvalue weighted by Gasteiger charge is -2.32. The van der Waals surface area contributed by atoms with Gasteiger partial charge in [0, 0.05) is 23.5 Å². The minimum absolute atomic E-state index is 0.103. The monoisotopic (exact) mass is 361 g/mol. The van der Waals surface area contributed by atoms with E-state index in [2.05, 4.69) is 0 Å². The van der Waals surface area contributed by atoms with E-state index in [1.54, 1.807) is 34.4 Å². The van der Waals surface area contributed by atoms with E-state index in [0.29, 0.717) is 31.1 Å². The molecule has 0 spiro atoms. The van der Waals surface area contributed by atoms with Gasteiger partial charge in [0.1, 0.15) is 12.4 Å². The first-order chi connectivity index (χ1) is 12.1. The molecule has 1 aromatic heterocycles. The van der Waals surface area contributed by atoms with Gasteiger partial charge in [-0.1, -0.05) is 12.1 Å². The second-order valence-electron chi connectivity index (χ2n) is 5.74. The first kappa shape index (κ1) is 17.4. The number of carbonyl (C=O) groups is 2. The van der Waals surface area contributed by atoms with Gasteiger partial charge in [-0.15, -0.1) is 11.3 Å². The fourth-order valence-corrected chi connectivity index (χ4v) is 3.29. The summed E-state index contributed by atoms with van der Waals surface area (Å²) in [6.07, 6.45) is -0.568. The van der Waals surface area contributed by atoms with Gasteiger partial charge in [-0.25, -0.2) is 0 Å². The molecule has 3 rings (SSSR count). The van der Waals surface area contributed by atoms with Crippen molar-refractivity contribution in [3.8, 4) is 5.75 Å². The molecule has 1 amide bonds. The van der Waals surface area contributed by atoms with Gasteiger partial charge in [-0.05, 0) is 29.6 Å². The molecule has 25 heavy (non-hydrogen) atoms. The highest BCUT2D eigenvalue weighted by Crippen LogP contribution is 2.19. The molecule has 2 heterocycles. The molecule has 1 aromatic carbocycles. The van der Waals surface area contributed by atoms with Crippen LogP contribution in [0.25, 0.3) is 0 Å². The standard InChI is InChI=1S/C18H19NO5S/c20-17(21)10-15-11-19(6-7-23-15)18(22)13-3-1-4-14(9-13)24-12-16-5-2-8-25-16/h1-5,8-9,15H,6-7,10-12H2,(H,20,21). The van der Waals surface area contributed by atoms with Crippen LogP contribution in [0.3, 0.4) is 0 Å². The Bertz CT molecular complexity index is 731. The maximum absolute atomic E-state index is 12.7. The van der Waals surface area contributed by atoms with Crippen molar-refractivity contribution in [2.75, 3.05) is 19.7 Å². The molecular formula is C18H19NO5S. The van der Waals surface area contributed by atoms with Gasteiger partial charge in [-0.3, -0.25) is 9.59 Å². The number of hydrogen-bond donors (Lipinski definition) is 1. The fourth-order valence-electron chi connectivity index (χ4n) is 2.67. The Morgan fingerprint density at radius 2 is 2.20 bits per heavy atom. The summed E-state index contributed by atoms with van der Waals surface area (Å²) < 4.78 is 11.1. The van der Waals surface area contributed by atoms with Crippen LogP contribution < -0.4 is 4.74 Å². The Labute approximate surface area is 149 Å². The second kappa shape index (κ2) is 8.13. The highest BCUT2D eigenvalue weighted by molar-refractivity contribution is 7.09. The molecule has 1 fully saturated rings. The van der Waals surface area contributed by atoms with Gasteiger partial charge in [0.25, 0.3) is 5.91 Å². The number of nitrogens with zero attached hydrogens (tertiary/aromatic N) is 1. The molecule has 7 heteroatoms. The zero-order valence-electron chi connectivity index (χ0n) is 13.6. The van der Waals surface area contributed by atoms with Crippen molar-refractivity contribution in [2.45, 2.75) is 19.1 Å². The largest absolute Gasteiger partial charge is 0.488 e. The van der Waals surface area contributed by atoms with Gasteiger partial charge < -0.3 is 19.5 Å². The SMILES string of the molecule is O=C(O)CC1CN(C(=O)c2cccc(OCc3cccs3)c2)CCO1. The Balaban J connectivity index is 1.63. The number of carboxylic acids is 1. The van der Waals surface area contributed by atoms with Crippen molar-refractivity contribution in [3.63, 3.8) is 0 Å². The molecule has 1 aliphatic heterocycles. The van der Waals surface area contributed by atoms with E-state index in [-0.39, 0.29) is 18.9 Å². The van der Waals surface area contributed by atoms with Gasteiger partial charge in [-0.2, -0.15) is 0 Å². The van der Waals surface area contributed by atoms with Crippen LogP contribution in [0.1, 0.15) is 21.7 Å². The average molecular weight is 361 g/mol. The van der Waals surface area contributed by atoms with Crippen molar-refractivity contribution in [1.29, 1.82) is 0 Å². The van der Waals surface area contributed by atoms with Crippen molar-refractivity contribution < 1.29 is 24.2 Å². The molecule has 0 saturated carbocycles. The van der Waals surface area contributed by atoms with E-state index in [0.717, 1.165) is 4.88 Å². The summed E-state index contributed by atoms with van der Waals surface area (Å²) in [4.78, 5) is 26.3. The molecular weight excluding hydrogens is 342 g/mol. The number of benzene rings is 1. The number of thiophene rings is 1. The zero-order valence-corrected chi connectivity index (χ0v) is 14.4. The normalized spacial score (nSPS) is 17.3. The average Bonchev–Trinajstić information content (AvgIpc) is 3.13. The van der Waals surface area contributed by atoms with Crippen LogP contribution >= 0.6 is 11.3 Å². The van der Waals surface area contributed by atoms with Crippen molar-refractivity contribution in [1.82, 2.24) is 4.90 Å². The van der Waals surface area contributed by atoms with Crippen LogP contribution in [0.5, 0.6) is 5.75 Å². The Hall–Kier alpha value is -2.38. The number of rotatable bonds is 6. The summed E-state index contributed by atoms with van der Waals surface area (Å²) in [5, 5.41) is 10.9. The van der Waals surface area contributed by atoms with Crippen molar-refractivity contribution in [3.05, 3.63) is 52.2 Å². The van der Waals surface area contributed by atoms with E-state index in [4.69, 9.17) is 14.6 Å². The van der Waals surface area contributed by atoms with Crippen LogP contribution in [-0.2, 0) is 16.1 Å². The third kappa shape index (κ3) is 4.80. The van der Waals surface area contributed by atoms with Gasteiger partial charge in [0.05, 0.1) is 19.1 Å². The predicted octanol–water partition coefficient (Wildman–Crippen LogP) is 2.64. The summed E-state index contributed by atoms with van der Waals surface area (Å²) in [5.41, 5.74) is 0.527. The van der Waals surface area contributed by atoms with Crippen molar-refractivity contribution in [2.24, 2.45) is 0 Å². The lowest BCUT2D eigenvalue weighted by Crippen LogP contribution is -2.46. The minimum atomic E-state index is -0.928. The summed E-state index contributed by atoms with van der Waals surface area (Å²) in [6, 6.07) is 11.0. The molecule has 1 atom stereocenters. The maximum Gasteiger partial charge on any atom is 0.306 e. The summed E-state index contributed by atoms with van der Waals surface area (Å²) >= 11 is 1.62. The molecule has 1 aliphatic rings. The first-order valence-corrected chi connectivity index (χ1v) is 8.87.